The summed E-state index contributed by atoms with van der Waals surface area (Å²) in [5, 5.41) is 0. The number of carbonyl (C=O) groups is 1. The molecular weight excluding hydrogens is 307 g/mol. The van der Waals surface area contributed by atoms with Crippen molar-refractivity contribution in [3.05, 3.63) is 47.3 Å². The van der Waals surface area contributed by atoms with Gasteiger partial charge in [0.25, 0.3) is 5.91 Å². The van der Waals surface area contributed by atoms with E-state index in [4.69, 9.17) is 4.74 Å². The van der Waals surface area contributed by atoms with Gasteiger partial charge >= 0.3 is 0 Å². The van der Waals surface area contributed by atoms with Gasteiger partial charge in [0.1, 0.15) is 5.82 Å². The van der Waals surface area contributed by atoms with Crippen LogP contribution in [-0.2, 0) is 16.1 Å². The number of nitrogens with zero attached hydrogens (tertiary/aromatic N) is 2. The Balaban J connectivity index is 1.71. The van der Waals surface area contributed by atoms with Gasteiger partial charge < -0.3 is 9.64 Å². The summed E-state index contributed by atoms with van der Waals surface area (Å²) in [7, 11) is 0. The second-order valence-electron chi connectivity index (χ2n) is 6.46. The lowest BCUT2D eigenvalue weighted by atomic mass is 10.0. The molecule has 2 aliphatic rings. The van der Waals surface area contributed by atoms with Gasteiger partial charge in [-0.25, -0.2) is 4.39 Å². The van der Waals surface area contributed by atoms with Crippen LogP contribution < -0.4 is 0 Å². The van der Waals surface area contributed by atoms with Crippen LogP contribution in [0.4, 0.5) is 4.39 Å². The zero-order chi connectivity index (χ0) is 16.9. The number of rotatable bonds is 6. The van der Waals surface area contributed by atoms with Crippen molar-refractivity contribution in [3.8, 4) is 0 Å². The highest BCUT2D eigenvalue weighted by Gasteiger charge is 2.24. The lowest BCUT2D eigenvalue weighted by Gasteiger charge is -2.24. The number of aliphatic imine (C=N–C) groups is 1. The third kappa shape index (κ3) is 4.09. The first kappa shape index (κ1) is 16.8. The minimum Gasteiger partial charge on any atom is -0.381 e. The Labute approximate surface area is 142 Å². The molecule has 0 N–H and O–H groups in total. The molecule has 1 saturated heterocycles. The molecule has 1 fully saturated rings. The number of amides is 1. The standard InChI is InChI=1S/C19H23FN2O2/c1-14-10-17(11-21-14)19(23)22(8-6-15-7-9-24-13-15)12-16-4-2-3-5-18(16)20/h2-5,10,15H,6-9,11-13H2,1H3. The predicted molar refractivity (Wildman–Crippen MR) is 91.4 cm³/mol. The molecule has 2 heterocycles. The van der Waals surface area contributed by atoms with Crippen LogP contribution in [0.15, 0.2) is 40.9 Å². The molecule has 1 aromatic carbocycles. The summed E-state index contributed by atoms with van der Waals surface area (Å²) in [4.78, 5) is 18.9. The molecule has 0 saturated carbocycles. The summed E-state index contributed by atoms with van der Waals surface area (Å²) in [6.45, 7) is 4.76. The van der Waals surface area contributed by atoms with E-state index in [1.54, 1.807) is 23.1 Å². The van der Waals surface area contributed by atoms with Gasteiger partial charge in [0.15, 0.2) is 0 Å². The third-order valence-corrected chi connectivity index (χ3v) is 4.59. The molecule has 1 atom stereocenters. The van der Waals surface area contributed by atoms with Gasteiger partial charge in [-0.2, -0.15) is 0 Å². The zero-order valence-electron chi connectivity index (χ0n) is 14.0. The first-order valence-corrected chi connectivity index (χ1v) is 8.45. The minimum atomic E-state index is -0.271. The number of carbonyl (C=O) groups excluding carboxylic acids is 1. The second-order valence-corrected chi connectivity index (χ2v) is 6.46. The molecule has 0 aliphatic carbocycles. The normalized spacial score (nSPS) is 20.0. The molecule has 0 bridgehead atoms. The molecule has 128 valence electrons. The smallest absolute Gasteiger partial charge is 0.252 e. The summed E-state index contributed by atoms with van der Waals surface area (Å²) in [6.07, 6.45) is 3.75. The van der Waals surface area contributed by atoms with E-state index < -0.39 is 0 Å². The number of benzene rings is 1. The maximum atomic E-state index is 14.0. The van der Waals surface area contributed by atoms with Crippen molar-refractivity contribution < 1.29 is 13.9 Å². The van der Waals surface area contributed by atoms with Crippen molar-refractivity contribution in [3.63, 3.8) is 0 Å². The van der Waals surface area contributed by atoms with E-state index in [1.807, 2.05) is 13.0 Å². The fourth-order valence-corrected chi connectivity index (χ4v) is 3.12. The molecule has 0 radical (unpaired) electrons. The largest absolute Gasteiger partial charge is 0.381 e. The Hall–Kier alpha value is -2.01. The maximum absolute atomic E-state index is 14.0. The highest BCUT2D eigenvalue weighted by Crippen LogP contribution is 2.20. The van der Waals surface area contributed by atoms with Crippen LogP contribution in [0.3, 0.4) is 0 Å². The predicted octanol–water partition coefficient (Wildman–Crippen LogP) is 2.98. The second kappa shape index (κ2) is 7.71. The summed E-state index contributed by atoms with van der Waals surface area (Å²) >= 11 is 0. The van der Waals surface area contributed by atoms with Crippen LogP contribution in [0.5, 0.6) is 0 Å². The van der Waals surface area contributed by atoms with E-state index in [2.05, 4.69) is 4.99 Å². The van der Waals surface area contributed by atoms with Crippen molar-refractivity contribution in [2.45, 2.75) is 26.3 Å². The molecule has 24 heavy (non-hydrogen) atoms. The maximum Gasteiger partial charge on any atom is 0.252 e. The van der Waals surface area contributed by atoms with Crippen molar-refractivity contribution in [2.75, 3.05) is 26.3 Å². The van der Waals surface area contributed by atoms with Crippen molar-refractivity contribution in [1.29, 1.82) is 0 Å². The van der Waals surface area contributed by atoms with Gasteiger partial charge in [0.05, 0.1) is 6.54 Å². The van der Waals surface area contributed by atoms with Gasteiger partial charge in [-0.3, -0.25) is 9.79 Å². The molecule has 1 amide bonds. The summed E-state index contributed by atoms with van der Waals surface area (Å²) in [5.74, 6) is 0.168. The van der Waals surface area contributed by atoms with Crippen LogP contribution in [0, 0.1) is 11.7 Å². The fraction of sp³-hybridized carbons (Fsp3) is 0.474. The first-order valence-electron chi connectivity index (χ1n) is 8.45. The Morgan fingerprint density at radius 2 is 2.25 bits per heavy atom. The fourth-order valence-electron chi connectivity index (χ4n) is 3.12. The summed E-state index contributed by atoms with van der Waals surface area (Å²) in [6, 6.07) is 6.63. The van der Waals surface area contributed by atoms with Gasteiger partial charge in [-0.1, -0.05) is 18.2 Å². The topological polar surface area (TPSA) is 41.9 Å². The lowest BCUT2D eigenvalue weighted by molar-refractivity contribution is -0.128. The SMILES string of the molecule is CC1=NCC(C(=O)N(CCC2CCOC2)Cc2ccccc2F)=C1. The van der Waals surface area contributed by atoms with Gasteiger partial charge in [0.2, 0.25) is 0 Å². The average Bonchev–Trinajstić information content (AvgIpc) is 3.24. The van der Waals surface area contributed by atoms with Crippen molar-refractivity contribution in [2.24, 2.45) is 10.9 Å². The Bertz CT molecular complexity index is 663. The molecule has 0 aromatic heterocycles. The van der Waals surface area contributed by atoms with E-state index in [0.717, 1.165) is 31.8 Å². The first-order chi connectivity index (χ1) is 11.6. The molecule has 5 heteroatoms. The lowest BCUT2D eigenvalue weighted by Crippen LogP contribution is -2.34. The van der Waals surface area contributed by atoms with Crippen LogP contribution in [0.1, 0.15) is 25.3 Å². The number of halogens is 1. The molecule has 0 spiro atoms. The summed E-state index contributed by atoms with van der Waals surface area (Å²) in [5.41, 5.74) is 2.10. The number of allylic oxidation sites excluding steroid dienone is 1. The van der Waals surface area contributed by atoms with E-state index in [-0.39, 0.29) is 18.3 Å². The van der Waals surface area contributed by atoms with Crippen molar-refractivity contribution in [1.82, 2.24) is 4.90 Å². The van der Waals surface area contributed by atoms with E-state index in [9.17, 15) is 9.18 Å². The zero-order valence-corrected chi connectivity index (χ0v) is 14.0. The molecule has 1 aromatic rings. The van der Waals surface area contributed by atoms with Gasteiger partial charge in [-0.15, -0.1) is 0 Å². The Morgan fingerprint density at radius 3 is 2.92 bits per heavy atom. The highest BCUT2D eigenvalue weighted by atomic mass is 19.1. The molecule has 2 aliphatic heterocycles. The third-order valence-electron chi connectivity index (χ3n) is 4.59. The minimum absolute atomic E-state index is 0.0437. The average molecular weight is 330 g/mol. The molecule has 4 nitrogen and oxygen atoms in total. The quantitative estimate of drug-likeness (QED) is 0.805. The van der Waals surface area contributed by atoms with Gasteiger partial charge in [-0.05, 0) is 37.8 Å². The summed E-state index contributed by atoms with van der Waals surface area (Å²) < 4.78 is 19.4. The highest BCUT2D eigenvalue weighted by molar-refractivity contribution is 6.06. The molecule has 1 unspecified atom stereocenters. The number of ether oxygens (including phenoxy) is 1. The number of hydrogen-bond acceptors (Lipinski definition) is 3. The Kier molecular flexibility index (Phi) is 5.41. The van der Waals surface area contributed by atoms with E-state index in [1.165, 1.54) is 6.07 Å². The van der Waals surface area contributed by atoms with Crippen LogP contribution in [-0.4, -0.2) is 42.8 Å². The van der Waals surface area contributed by atoms with E-state index in [0.29, 0.717) is 30.1 Å². The molecule has 3 rings (SSSR count). The van der Waals surface area contributed by atoms with Crippen LogP contribution >= 0.6 is 0 Å². The van der Waals surface area contributed by atoms with Crippen LogP contribution in [0.2, 0.25) is 0 Å². The monoisotopic (exact) mass is 330 g/mol. The number of hydrogen-bond donors (Lipinski definition) is 0. The van der Waals surface area contributed by atoms with Crippen LogP contribution in [0.25, 0.3) is 0 Å². The van der Waals surface area contributed by atoms with Gasteiger partial charge in [0, 0.05) is 43.2 Å². The van der Waals surface area contributed by atoms with Crippen molar-refractivity contribution >= 4 is 11.6 Å². The Morgan fingerprint density at radius 1 is 1.42 bits per heavy atom. The van der Waals surface area contributed by atoms with E-state index >= 15 is 0 Å². The molecular formula is C19H23FN2O2.